The lowest BCUT2D eigenvalue weighted by Gasteiger charge is -2.33. The molecular weight excluding hydrogens is 267 g/mol. The fourth-order valence-electron chi connectivity index (χ4n) is 2.92. The molecule has 118 valence electrons. The molecule has 20 heavy (non-hydrogen) atoms. The van der Waals surface area contributed by atoms with Crippen LogP contribution in [0.1, 0.15) is 38.5 Å². The summed E-state index contributed by atoms with van der Waals surface area (Å²) >= 11 is 0. The first-order valence-electron chi connectivity index (χ1n) is 7.50. The number of hydrogen-bond donors (Lipinski definition) is 2. The van der Waals surface area contributed by atoms with Gasteiger partial charge in [0.1, 0.15) is 12.2 Å². The lowest BCUT2D eigenvalue weighted by atomic mass is 9.94. The van der Waals surface area contributed by atoms with Crippen LogP contribution in [0.5, 0.6) is 0 Å². The molecule has 6 heteroatoms. The van der Waals surface area contributed by atoms with Crippen molar-refractivity contribution in [2.75, 3.05) is 26.4 Å². The van der Waals surface area contributed by atoms with Crippen molar-refractivity contribution in [1.82, 2.24) is 0 Å². The van der Waals surface area contributed by atoms with Crippen molar-refractivity contribution in [2.45, 2.75) is 62.7 Å². The number of halogens is 1. The number of aliphatic hydroxyl groups excluding tert-OH is 2. The van der Waals surface area contributed by atoms with Crippen LogP contribution in [0, 0.1) is 0 Å². The molecule has 0 bridgehead atoms. The van der Waals surface area contributed by atoms with Crippen molar-refractivity contribution >= 4 is 0 Å². The number of rotatable bonds is 7. The fraction of sp³-hybridized carbons (Fsp3) is 1.00. The Labute approximate surface area is 119 Å². The van der Waals surface area contributed by atoms with Crippen molar-refractivity contribution in [3.63, 3.8) is 0 Å². The third kappa shape index (κ3) is 3.89. The van der Waals surface area contributed by atoms with Gasteiger partial charge >= 0.3 is 0 Å². The summed E-state index contributed by atoms with van der Waals surface area (Å²) in [5.74, 6) is -0.573. The zero-order valence-electron chi connectivity index (χ0n) is 11.8. The highest BCUT2D eigenvalue weighted by atomic mass is 19.1. The van der Waals surface area contributed by atoms with Crippen LogP contribution in [0.25, 0.3) is 0 Å². The Morgan fingerprint density at radius 2 is 2.00 bits per heavy atom. The highest BCUT2D eigenvalue weighted by molar-refractivity contribution is 4.88. The highest BCUT2D eigenvalue weighted by Crippen LogP contribution is 2.39. The van der Waals surface area contributed by atoms with Crippen molar-refractivity contribution in [1.29, 1.82) is 0 Å². The zero-order chi connectivity index (χ0) is 14.4. The second-order valence-electron chi connectivity index (χ2n) is 5.55. The molecule has 1 saturated carbocycles. The number of hydrogen-bond acceptors (Lipinski definition) is 5. The van der Waals surface area contributed by atoms with Gasteiger partial charge in [0, 0.05) is 26.1 Å². The predicted octanol–water partition coefficient (Wildman–Crippen LogP) is 1.16. The van der Waals surface area contributed by atoms with Crippen LogP contribution in [-0.4, -0.2) is 60.8 Å². The van der Waals surface area contributed by atoms with E-state index in [-0.39, 0.29) is 13.2 Å². The van der Waals surface area contributed by atoms with Gasteiger partial charge < -0.3 is 24.4 Å². The van der Waals surface area contributed by atoms with E-state index in [9.17, 15) is 4.39 Å². The molecule has 0 aromatic rings. The van der Waals surface area contributed by atoms with Gasteiger partial charge in [-0.25, -0.2) is 4.39 Å². The first-order valence-corrected chi connectivity index (χ1v) is 7.50. The third-order valence-electron chi connectivity index (χ3n) is 4.00. The molecule has 2 fully saturated rings. The second kappa shape index (κ2) is 7.66. The summed E-state index contributed by atoms with van der Waals surface area (Å²) in [5.41, 5.74) is 0. The molecule has 1 heterocycles. The van der Waals surface area contributed by atoms with Crippen LogP contribution >= 0.6 is 0 Å². The van der Waals surface area contributed by atoms with Gasteiger partial charge in [0.25, 0.3) is 0 Å². The summed E-state index contributed by atoms with van der Waals surface area (Å²) in [6.07, 6.45) is 2.57. The average Bonchev–Trinajstić information content (AvgIpc) is 2.87. The normalized spacial score (nSPS) is 28.6. The van der Waals surface area contributed by atoms with E-state index < -0.39 is 30.8 Å². The van der Waals surface area contributed by atoms with Crippen LogP contribution in [0.15, 0.2) is 0 Å². The van der Waals surface area contributed by atoms with E-state index in [1.807, 2.05) is 0 Å². The lowest BCUT2D eigenvalue weighted by molar-refractivity contribution is -0.204. The number of aliphatic hydroxyl groups is 2. The van der Waals surface area contributed by atoms with Crippen LogP contribution in [0.3, 0.4) is 0 Å². The Balaban J connectivity index is 1.91. The monoisotopic (exact) mass is 292 g/mol. The molecule has 1 saturated heterocycles. The molecule has 2 rings (SSSR count). The van der Waals surface area contributed by atoms with Crippen LogP contribution in [-0.2, 0) is 14.2 Å². The molecule has 5 nitrogen and oxygen atoms in total. The van der Waals surface area contributed by atoms with Crippen molar-refractivity contribution in [3.05, 3.63) is 0 Å². The quantitative estimate of drug-likeness (QED) is 0.689. The topological polar surface area (TPSA) is 68.2 Å². The fourth-order valence-corrected chi connectivity index (χ4v) is 2.92. The van der Waals surface area contributed by atoms with Crippen LogP contribution < -0.4 is 0 Å². The Morgan fingerprint density at radius 3 is 2.65 bits per heavy atom. The Morgan fingerprint density at radius 1 is 1.25 bits per heavy atom. The van der Waals surface area contributed by atoms with Crippen molar-refractivity contribution in [3.8, 4) is 0 Å². The molecule has 3 atom stereocenters. The van der Waals surface area contributed by atoms with E-state index in [0.717, 1.165) is 25.7 Å². The molecule has 0 amide bonds. The second-order valence-corrected chi connectivity index (χ2v) is 5.55. The van der Waals surface area contributed by atoms with E-state index in [0.29, 0.717) is 13.0 Å². The average molecular weight is 292 g/mol. The van der Waals surface area contributed by atoms with Gasteiger partial charge in [-0.3, -0.25) is 0 Å². The van der Waals surface area contributed by atoms with Crippen molar-refractivity contribution < 1.29 is 28.8 Å². The standard InChI is InChI=1S/C14H25FO5/c15-11(9-17)13(18-8-4-7-16)12-10-19-14(20-12)5-2-1-3-6-14/h11-13,16-17H,1-10H2/t11-,12+,13-/m0/s1. The van der Waals surface area contributed by atoms with Gasteiger partial charge in [0.05, 0.1) is 13.2 Å². The van der Waals surface area contributed by atoms with Crippen molar-refractivity contribution in [2.24, 2.45) is 0 Å². The van der Waals surface area contributed by atoms with Gasteiger partial charge in [-0.15, -0.1) is 0 Å². The first-order chi connectivity index (χ1) is 9.71. The molecule has 2 aliphatic rings. The molecular formula is C14H25FO5. The smallest absolute Gasteiger partial charge is 0.169 e. The minimum Gasteiger partial charge on any atom is -0.396 e. The van der Waals surface area contributed by atoms with E-state index in [2.05, 4.69) is 0 Å². The molecule has 0 radical (unpaired) electrons. The summed E-state index contributed by atoms with van der Waals surface area (Å²) in [4.78, 5) is 0. The number of alkyl halides is 1. The maximum absolute atomic E-state index is 13.9. The van der Waals surface area contributed by atoms with E-state index in [4.69, 9.17) is 24.4 Å². The van der Waals surface area contributed by atoms with Gasteiger partial charge in [-0.2, -0.15) is 0 Å². The molecule has 1 spiro atoms. The maximum Gasteiger partial charge on any atom is 0.169 e. The Bertz CT molecular complexity index is 283. The molecule has 2 N–H and O–H groups in total. The summed E-state index contributed by atoms with van der Waals surface area (Å²) < 4.78 is 31.0. The summed E-state index contributed by atoms with van der Waals surface area (Å²) in [5, 5.41) is 17.8. The highest BCUT2D eigenvalue weighted by Gasteiger charge is 2.46. The molecule has 1 aliphatic heterocycles. The minimum atomic E-state index is -1.50. The summed E-state index contributed by atoms with van der Waals surface area (Å²) in [6, 6.07) is 0. The Kier molecular flexibility index (Phi) is 6.17. The van der Waals surface area contributed by atoms with Gasteiger partial charge in [-0.1, -0.05) is 6.42 Å². The van der Waals surface area contributed by atoms with Crippen LogP contribution in [0.4, 0.5) is 4.39 Å². The maximum atomic E-state index is 13.9. The van der Waals surface area contributed by atoms with E-state index in [1.54, 1.807) is 0 Å². The van der Waals surface area contributed by atoms with E-state index in [1.165, 1.54) is 6.42 Å². The largest absolute Gasteiger partial charge is 0.396 e. The molecule has 0 aromatic heterocycles. The molecule has 0 unspecified atom stereocenters. The zero-order valence-corrected chi connectivity index (χ0v) is 11.8. The summed E-state index contributed by atoms with van der Waals surface area (Å²) in [7, 11) is 0. The van der Waals surface area contributed by atoms with Gasteiger partial charge in [-0.05, 0) is 19.3 Å². The summed E-state index contributed by atoms with van der Waals surface area (Å²) in [6.45, 7) is -0.0654. The number of ether oxygens (including phenoxy) is 3. The van der Waals surface area contributed by atoms with Crippen LogP contribution in [0.2, 0.25) is 0 Å². The predicted molar refractivity (Wildman–Crippen MR) is 70.1 cm³/mol. The van der Waals surface area contributed by atoms with Gasteiger partial charge in [0.2, 0.25) is 0 Å². The van der Waals surface area contributed by atoms with E-state index >= 15 is 0 Å². The first kappa shape index (κ1) is 16.1. The molecule has 0 aromatic carbocycles. The third-order valence-corrected chi connectivity index (χ3v) is 4.00. The molecule has 1 aliphatic carbocycles. The van der Waals surface area contributed by atoms with Gasteiger partial charge in [0.15, 0.2) is 12.0 Å². The Hall–Kier alpha value is -0.270. The lowest BCUT2D eigenvalue weighted by Crippen LogP contribution is -2.43. The SMILES string of the molecule is OCCCO[C@@H]([C@@H](F)CO)[C@H]1COC2(CCCCC2)O1. The minimum absolute atomic E-state index is 0.00520.